The smallest absolute Gasteiger partial charge is 0.329 e. The number of hydrazone groups is 1. The van der Waals surface area contributed by atoms with Crippen molar-refractivity contribution in [2.45, 2.75) is 0 Å². The Balaban J connectivity index is 1.60. The Bertz CT molecular complexity index is 1130. The van der Waals surface area contributed by atoms with Gasteiger partial charge < -0.3 is 15.5 Å². The lowest BCUT2D eigenvalue weighted by molar-refractivity contribution is -0.136. The molecule has 0 saturated carbocycles. The molecule has 0 bridgehead atoms. The minimum atomic E-state index is -0.954. The number of carbonyl (C=O) groups is 3. The van der Waals surface area contributed by atoms with Crippen LogP contribution in [0.4, 0.5) is 17.1 Å². The fourth-order valence-electron chi connectivity index (χ4n) is 2.76. The Kier molecular flexibility index (Phi) is 7.32. The lowest BCUT2D eigenvalue weighted by atomic mass is 10.1. The van der Waals surface area contributed by atoms with Gasteiger partial charge in [0, 0.05) is 25.5 Å². The number of benzene rings is 3. The standard InChI is InChI=1S/C24H23N5O3/c1-29(2)19-14-12-17(13-15-19)16-25-28-24(32)23(31)27-21-11-7-6-10-20(21)22(30)26-18-8-4-3-5-9-18/h3-16H,1-2H3,(H,26,30)(H,27,31)(H,28,32)/b25-16+. The zero-order chi connectivity index (χ0) is 22.9. The lowest BCUT2D eigenvalue weighted by Gasteiger charge is -2.11. The fraction of sp³-hybridized carbons (Fsp3) is 0.0833. The van der Waals surface area contributed by atoms with E-state index in [0.29, 0.717) is 5.69 Å². The summed E-state index contributed by atoms with van der Waals surface area (Å²) < 4.78 is 0. The van der Waals surface area contributed by atoms with Crippen LogP contribution in [0.3, 0.4) is 0 Å². The third-order valence-corrected chi connectivity index (χ3v) is 4.45. The number of rotatable bonds is 6. The molecular formula is C24H23N5O3. The minimum absolute atomic E-state index is 0.212. The van der Waals surface area contributed by atoms with Gasteiger partial charge in [0.15, 0.2) is 0 Å². The van der Waals surface area contributed by atoms with Crippen LogP contribution in [0, 0.1) is 0 Å². The Morgan fingerprint density at radius 2 is 1.44 bits per heavy atom. The minimum Gasteiger partial charge on any atom is -0.378 e. The quantitative estimate of drug-likeness (QED) is 0.318. The van der Waals surface area contributed by atoms with Crippen molar-refractivity contribution in [3.63, 3.8) is 0 Å². The first-order valence-corrected chi connectivity index (χ1v) is 9.81. The molecule has 0 saturated heterocycles. The van der Waals surface area contributed by atoms with Gasteiger partial charge in [-0.3, -0.25) is 14.4 Å². The van der Waals surface area contributed by atoms with E-state index in [-0.39, 0.29) is 11.3 Å². The van der Waals surface area contributed by atoms with Crippen LogP contribution >= 0.6 is 0 Å². The Labute approximate surface area is 185 Å². The van der Waals surface area contributed by atoms with Crippen LogP contribution in [0.15, 0.2) is 84.0 Å². The zero-order valence-electron chi connectivity index (χ0n) is 17.7. The predicted octanol–water partition coefficient (Wildman–Crippen LogP) is 3.09. The van der Waals surface area contributed by atoms with Gasteiger partial charge in [-0.2, -0.15) is 5.10 Å². The summed E-state index contributed by atoms with van der Waals surface area (Å²) in [5, 5.41) is 9.02. The summed E-state index contributed by atoms with van der Waals surface area (Å²) in [4.78, 5) is 38.9. The van der Waals surface area contributed by atoms with Crippen molar-refractivity contribution in [1.82, 2.24) is 5.43 Å². The largest absolute Gasteiger partial charge is 0.378 e. The van der Waals surface area contributed by atoms with Crippen molar-refractivity contribution in [3.05, 3.63) is 90.0 Å². The second-order valence-electron chi connectivity index (χ2n) is 7.00. The molecule has 0 spiro atoms. The summed E-state index contributed by atoms with van der Waals surface area (Å²) in [5.74, 6) is -2.30. The lowest BCUT2D eigenvalue weighted by Crippen LogP contribution is -2.33. The first kappa shape index (κ1) is 22.2. The van der Waals surface area contributed by atoms with Crippen molar-refractivity contribution >= 4 is 41.0 Å². The van der Waals surface area contributed by atoms with Gasteiger partial charge in [-0.15, -0.1) is 0 Å². The van der Waals surface area contributed by atoms with Crippen LogP contribution < -0.4 is 21.0 Å². The fourth-order valence-corrected chi connectivity index (χ4v) is 2.76. The predicted molar refractivity (Wildman–Crippen MR) is 126 cm³/mol. The third-order valence-electron chi connectivity index (χ3n) is 4.45. The van der Waals surface area contributed by atoms with Crippen molar-refractivity contribution in [3.8, 4) is 0 Å². The van der Waals surface area contributed by atoms with Gasteiger partial charge >= 0.3 is 11.8 Å². The monoisotopic (exact) mass is 429 g/mol. The van der Waals surface area contributed by atoms with Crippen molar-refractivity contribution in [1.29, 1.82) is 0 Å². The summed E-state index contributed by atoms with van der Waals surface area (Å²) in [6.07, 6.45) is 1.44. The molecule has 3 rings (SSSR count). The highest BCUT2D eigenvalue weighted by Crippen LogP contribution is 2.17. The van der Waals surface area contributed by atoms with E-state index in [2.05, 4.69) is 21.2 Å². The van der Waals surface area contributed by atoms with Gasteiger partial charge in [0.25, 0.3) is 5.91 Å². The van der Waals surface area contributed by atoms with E-state index in [9.17, 15) is 14.4 Å². The van der Waals surface area contributed by atoms with E-state index in [4.69, 9.17) is 0 Å². The van der Waals surface area contributed by atoms with E-state index in [1.54, 1.807) is 48.5 Å². The van der Waals surface area contributed by atoms with Gasteiger partial charge in [-0.05, 0) is 42.0 Å². The number of para-hydroxylation sites is 2. The third kappa shape index (κ3) is 6.02. The topological polar surface area (TPSA) is 103 Å². The molecule has 8 heteroatoms. The van der Waals surface area contributed by atoms with E-state index in [1.807, 2.05) is 49.3 Å². The molecule has 162 valence electrons. The SMILES string of the molecule is CN(C)c1ccc(/C=N/NC(=O)C(=O)Nc2ccccc2C(=O)Nc2ccccc2)cc1. The summed E-state index contributed by atoms with van der Waals surface area (Å²) in [7, 11) is 3.87. The van der Waals surface area contributed by atoms with Crippen LogP contribution in [0.25, 0.3) is 0 Å². The number of hydrogen-bond acceptors (Lipinski definition) is 5. The molecule has 0 aliphatic heterocycles. The van der Waals surface area contributed by atoms with E-state index < -0.39 is 17.7 Å². The molecule has 3 N–H and O–H groups in total. The van der Waals surface area contributed by atoms with Gasteiger partial charge in [-0.25, -0.2) is 5.43 Å². The number of hydrogen-bond donors (Lipinski definition) is 3. The van der Waals surface area contributed by atoms with Crippen LogP contribution in [-0.4, -0.2) is 38.0 Å². The number of carbonyl (C=O) groups excluding carboxylic acids is 3. The first-order chi connectivity index (χ1) is 15.4. The van der Waals surface area contributed by atoms with Gasteiger partial charge in [0.05, 0.1) is 17.5 Å². The average molecular weight is 429 g/mol. The number of nitrogens with one attached hydrogen (secondary N) is 3. The molecule has 0 aliphatic rings. The summed E-state index contributed by atoms with van der Waals surface area (Å²) >= 11 is 0. The van der Waals surface area contributed by atoms with Gasteiger partial charge in [-0.1, -0.05) is 42.5 Å². The van der Waals surface area contributed by atoms with Crippen molar-refractivity contribution in [2.24, 2.45) is 5.10 Å². The maximum absolute atomic E-state index is 12.6. The van der Waals surface area contributed by atoms with Crippen LogP contribution in [0.5, 0.6) is 0 Å². The molecule has 0 aliphatic carbocycles. The average Bonchev–Trinajstić information content (AvgIpc) is 2.80. The van der Waals surface area contributed by atoms with E-state index in [0.717, 1.165) is 11.3 Å². The Morgan fingerprint density at radius 3 is 2.12 bits per heavy atom. The normalized spacial score (nSPS) is 10.4. The Morgan fingerprint density at radius 1 is 0.781 bits per heavy atom. The molecule has 0 fully saturated rings. The summed E-state index contributed by atoms with van der Waals surface area (Å²) in [5.41, 5.74) is 5.03. The molecule has 32 heavy (non-hydrogen) atoms. The molecule has 0 heterocycles. The van der Waals surface area contributed by atoms with E-state index in [1.165, 1.54) is 6.21 Å². The highest BCUT2D eigenvalue weighted by molar-refractivity contribution is 6.40. The van der Waals surface area contributed by atoms with Gasteiger partial charge in [0.2, 0.25) is 0 Å². The van der Waals surface area contributed by atoms with Crippen LogP contribution in [-0.2, 0) is 9.59 Å². The molecule has 0 atom stereocenters. The highest BCUT2D eigenvalue weighted by Gasteiger charge is 2.17. The molecule has 0 aromatic heterocycles. The maximum atomic E-state index is 12.6. The highest BCUT2D eigenvalue weighted by atomic mass is 16.2. The molecule has 3 aromatic rings. The molecule has 3 aromatic carbocycles. The number of amides is 3. The van der Waals surface area contributed by atoms with E-state index >= 15 is 0 Å². The summed E-state index contributed by atoms with van der Waals surface area (Å²) in [6, 6.07) is 22.8. The second kappa shape index (κ2) is 10.5. The van der Waals surface area contributed by atoms with Gasteiger partial charge in [0.1, 0.15) is 0 Å². The van der Waals surface area contributed by atoms with Crippen molar-refractivity contribution in [2.75, 3.05) is 29.6 Å². The first-order valence-electron chi connectivity index (χ1n) is 9.81. The Hall–Kier alpha value is -4.46. The maximum Gasteiger partial charge on any atom is 0.329 e. The summed E-state index contributed by atoms with van der Waals surface area (Å²) in [6.45, 7) is 0. The number of anilines is 3. The molecular weight excluding hydrogens is 406 g/mol. The van der Waals surface area contributed by atoms with Crippen molar-refractivity contribution < 1.29 is 14.4 Å². The van der Waals surface area contributed by atoms with Crippen LogP contribution in [0.2, 0.25) is 0 Å². The molecule has 3 amide bonds. The second-order valence-corrected chi connectivity index (χ2v) is 7.00. The molecule has 0 radical (unpaired) electrons. The molecule has 0 unspecified atom stereocenters. The molecule has 8 nitrogen and oxygen atoms in total. The zero-order valence-corrected chi connectivity index (χ0v) is 17.7. The number of nitrogens with zero attached hydrogens (tertiary/aromatic N) is 2. The van der Waals surface area contributed by atoms with Crippen LogP contribution in [0.1, 0.15) is 15.9 Å².